The van der Waals surface area contributed by atoms with Crippen molar-refractivity contribution in [2.45, 2.75) is 12.2 Å². The fourth-order valence-corrected chi connectivity index (χ4v) is 1.43. The van der Waals surface area contributed by atoms with Crippen molar-refractivity contribution >= 4 is 6.08 Å². The average molecular weight is 193 g/mol. The van der Waals surface area contributed by atoms with E-state index in [1.165, 1.54) is 7.11 Å². The summed E-state index contributed by atoms with van der Waals surface area (Å²) in [6, 6.07) is 3.51. The van der Waals surface area contributed by atoms with Crippen LogP contribution in [0.1, 0.15) is 17.4 Å². The Morgan fingerprint density at radius 2 is 2.14 bits per heavy atom. The van der Waals surface area contributed by atoms with Crippen molar-refractivity contribution in [3.05, 3.63) is 29.5 Å². The van der Waals surface area contributed by atoms with Crippen LogP contribution < -0.4 is 4.74 Å². The molecular weight excluding hydrogens is 182 g/mol. The summed E-state index contributed by atoms with van der Waals surface area (Å²) in [7, 11) is 1.51. The first-order valence-electron chi connectivity index (χ1n) is 4.31. The molecule has 0 spiro atoms. The van der Waals surface area contributed by atoms with Crippen LogP contribution in [0.25, 0.3) is 6.08 Å². The molecule has 0 saturated heterocycles. The summed E-state index contributed by atoms with van der Waals surface area (Å²) in [6.07, 6.45) is 1.42. The summed E-state index contributed by atoms with van der Waals surface area (Å²) in [5.74, 6) is 0.435. The Bertz CT molecular complexity index is 376. The van der Waals surface area contributed by atoms with Gasteiger partial charge in [0, 0.05) is 6.07 Å². The number of pyridine rings is 1. The van der Waals surface area contributed by atoms with Gasteiger partial charge in [-0.3, -0.25) is 0 Å². The third-order valence-electron chi connectivity index (χ3n) is 2.22. The Morgan fingerprint density at radius 3 is 2.86 bits per heavy atom. The Morgan fingerprint density at radius 1 is 1.36 bits per heavy atom. The fraction of sp³-hybridized carbons (Fsp3) is 0.300. The van der Waals surface area contributed by atoms with Gasteiger partial charge in [-0.2, -0.15) is 0 Å². The molecule has 0 aromatic carbocycles. The SMILES string of the molecule is COc1ccc2c(n1)[C@@H](O)[C@@H](O)C=C2. The normalized spacial score (nSPS) is 24.5. The molecule has 4 nitrogen and oxygen atoms in total. The highest BCUT2D eigenvalue weighted by Crippen LogP contribution is 2.27. The van der Waals surface area contributed by atoms with Gasteiger partial charge in [-0.15, -0.1) is 0 Å². The van der Waals surface area contributed by atoms with Gasteiger partial charge in [0.1, 0.15) is 12.2 Å². The molecule has 0 aliphatic heterocycles. The molecule has 1 aromatic rings. The molecular formula is C10H11NO3. The highest BCUT2D eigenvalue weighted by molar-refractivity contribution is 5.56. The van der Waals surface area contributed by atoms with Gasteiger partial charge in [-0.05, 0) is 11.6 Å². The molecule has 0 bridgehead atoms. The van der Waals surface area contributed by atoms with E-state index in [4.69, 9.17) is 4.74 Å². The van der Waals surface area contributed by atoms with Crippen LogP contribution in [0.2, 0.25) is 0 Å². The first-order valence-corrected chi connectivity index (χ1v) is 4.31. The fourth-order valence-electron chi connectivity index (χ4n) is 1.43. The Hall–Kier alpha value is -1.39. The number of methoxy groups -OCH3 is 1. The molecule has 74 valence electrons. The molecule has 4 heteroatoms. The Labute approximate surface area is 81.5 Å². The third kappa shape index (κ3) is 1.38. The third-order valence-corrected chi connectivity index (χ3v) is 2.22. The number of hydrogen-bond acceptors (Lipinski definition) is 4. The molecule has 0 saturated carbocycles. The molecule has 0 radical (unpaired) electrons. The van der Waals surface area contributed by atoms with Crippen molar-refractivity contribution in [3.8, 4) is 5.88 Å². The van der Waals surface area contributed by atoms with Crippen LogP contribution in [-0.2, 0) is 0 Å². The van der Waals surface area contributed by atoms with Crippen LogP contribution >= 0.6 is 0 Å². The van der Waals surface area contributed by atoms with Crippen molar-refractivity contribution in [2.75, 3.05) is 7.11 Å². The summed E-state index contributed by atoms with van der Waals surface area (Å²) in [5, 5.41) is 19.0. The zero-order valence-corrected chi connectivity index (χ0v) is 7.71. The monoisotopic (exact) mass is 193 g/mol. The van der Waals surface area contributed by atoms with E-state index >= 15 is 0 Å². The maximum atomic E-state index is 9.63. The summed E-state index contributed by atoms with van der Waals surface area (Å²) < 4.78 is 4.94. The van der Waals surface area contributed by atoms with Crippen molar-refractivity contribution in [2.24, 2.45) is 0 Å². The smallest absolute Gasteiger partial charge is 0.213 e. The van der Waals surface area contributed by atoms with Crippen LogP contribution in [0.3, 0.4) is 0 Å². The average Bonchev–Trinajstić information content (AvgIpc) is 2.23. The van der Waals surface area contributed by atoms with Crippen molar-refractivity contribution in [3.63, 3.8) is 0 Å². The summed E-state index contributed by atoms with van der Waals surface area (Å²) in [4.78, 5) is 4.08. The van der Waals surface area contributed by atoms with E-state index in [0.29, 0.717) is 11.6 Å². The first kappa shape index (κ1) is 9.18. The van der Waals surface area contributed by atoms with Gasteiger partial charge in [-0.1, -0.05) is 12.2 Å². The van der Waals surface area contributed by atoms with Gasteiger partial charge in [0.05, 0.1) is 12.8 Å². The van der Waals surface area contributed by atoms with E-state index in [9.17, 15) is 10.2 Å². The van der Waals surface area contributed by atoms with Crippen molar-refractivity contribution in [1.29, 1.82) is 0 Å². The Balaban J connectivity index is 2.48. The number of aromatic nitrogens is 1. The minimum atomic E-state index is -0.968. The minimum Gasteiger partial charge on any atom is -0.481 e. The lowest BCUT2D eigenvalue weighted by atomic mass is 9.98. The molecule has 14 heavy (non-hydrogen) atoms. The molecule has 2 atom stereocenters. The van der Waals surface area contributed by atoms with E-state index in [-0.39, 0.29) is 0 Å². The van der Waals surface area contributed by atoms with Gasteiger partial charge >= 0.3 is 0 Å². The zero-order chi connectivity index (χ0) is 10.1. The zero-order valence-electron chi connectivity index (χ0n) is 7.71. The standard InChI is InChI=1S/C10H11NO3/c1-14-8-5-3-6-2-4-7(12)10(13)9(6)11-8/h2-5,7,10,12-13H,1H3/t7-,10-/m0/s1. The van der Waals surface area contributed by atoms with E-state index in [1.807, 2.05) is 0 Å². The summed E-state index contributed by atoms with van der Waals surface area (Å²) in [5.41, 5.74) is 1.27. The van der Waals surface area contributed by atoms with Gasteiger partial charge < -0.3 is 14.9 Å². The van der Waals surface area contributed by atoms with E-state index in [0.717, 1.165) is 5.56 Å². The molecule has 2 rings (SSSR count). The minimum absolute atomic E-state index is 0.435. The first-order chi connectivity index (χ1) is 6.72. The van der Waals surface area contributed by atoms with Gasteiger partial charge in [0.25, 0.3) is 0 Å². The van der Waals surface area contributed by atoms with Gasteiger partial charge in [0.15, 0.2) is 0 Å². The molecule has 2 N–H and O–H groups in total. The predicted octanol–water partition coefficient (Wildman–Crippen LogP) is 0.511. The second kappa shape index (κ2) is 3.40. The summed E-state index contributed by atoms with van der Waals surface area (Å²) >= 11 is 0. The molecule has 1 aliphatic carbocycles. The quantitative estimate of drug-likeness (QED) is 0.682. The lowest BCUT2D eigenvalue weighted by molar-refractivity contribution is 0.0437. The largest absolute Gasteiger partial charge is 0.481 e. The number of fused-ring (bicyclic) bond motifs is 1. The number of rotatable bonds is 1. The van der Waals surface area contributed by atoms with Crippen LogP contribution in [-0.4, -0.2) is 28.4 Å². The molecule has 0 unspecified atom stereocenters. The van der Waals surface area contributed by atoms with Gasteiger partial charge in [0.2, 0.25) is 5.88 Å². The number of hydrogen-bond donors (Lipinski definition) is 2. The van der Waals surface area contributed by atoms with Crippen LogP contribution in [0.15, 0.2) is 18.2 Å². The maximum absolute atomic E-state index is 9.63. The molecule has 1 aromatic heterocycles. The Kier molecular flexibility index (Phi) is 2.23. The second-order valence-electron chi connectivity index (χ2n) is 3.12. The summed E-state index contributed by atoms with van der Waals surface area (Å²) in [6.45, 7) is 0. The van der Waals surface area contributed by atoms with E-state index < -0.39 is 12.2 Å². The lowest BCUT2D eigenvalue weighted by Gasteiger charge is -2.20. The predicted molar refractivity (Wildman–Crippen MR) is 50.8 cm³/mol. The van der Waals surface area contributed by atoms with Crippen LogP contribution in [0.5, 0.6) is 5.88 Å². The molecule has 1 heterocycles. The molecule has 1 aliphatic rings. The molecule has 0 fully saturated rings. The lowest BCUT2D eigenvalue weighted by Crippen LogP contribution is -2.20. The van der Waals surface area contributed by atoms with Crippen molar-refractivity contribution < 1.29 is 14.9 Å². The number of nitrogens with zero attached hydrogens (tertiary/aromatic N) is 1. The maximum Gasteiger partial charge on any atom is 0.213 e. The molecule has 0 amide bonds. The van der Waals surface area contributed by atoms with Gasteiger partial charge in [-0.25, -0.2) is 4.98 Å². The number of aliphatic hydroxyl groups is 2. The van der Waals surface area contributed by atoms with Crippen LogP contribution in [0.4, 0.5) is 0 Å². The highest BCUT2D eigenvalue weighted by Gasteiger charge is 2.23. The van der Waals surface area contributed by atoms with E-state index in [2.05, 4.69) is 4.98 Å². The second-order valence-corrected chi connectivity index (χ2v) is 3.12. The number of aliphatic hydroxyl groups excluding tert-OH is 2. The van der Waals surface area contributed by atoms with Crippen LogP contribution in [0, 0.1) is 0 Å². The van der Waals surface area contributed by atoms with E-state index in [1.54, 1.807) is 24.3 Å². The highest BCUT2D eigenvalue weighted by atomic mass is 16.5. The van der Waals surface area contributed by atoms with Crippen molar-refractivity contribution in [1.82, 2.24) is 4.98 Å². The number of ether oxygens (including phenoxy) is 1. The topological polar surface area (TPSA) is 62.6 Å².